The molecule has 1 aliphatic heterocycles. The van der Waals surface area contributed by atoms with Crippen LogP contribution in [0.2, 0.25) is 0 Å². The number of halogens is 1. The Morgan fingerprint density at radius 3 is 2.89 bits per heavy atom. The van der Waals surface area contributed by atoms with Gasteiger partial charge >= 0.3 is 5.97 Å². The highest BCUT2D eigenvalue weighted by Crippen LogP contribution is 2.16. The maximum Gasteiger partial charge on any atom is 0.320 e. The molecule has 2 atom stereocenters. The second kappa shape index (κ2) is 9.77. The van der Waals surface area contributed by atoms with Crippen molar-refractivity contribution in [3.63, 3.8) is 0 Å². The summed E-state index contributed by atoms with van der Waals surface area (Å²) in [4.78, 5) is 14.9. The van der Waals surface area contributed by atoms with Gasteiger partial charge in [0.15, 0.2) is 0 Å². The van der Waals surface area contributed by atoms with Crippen LogP contribution in [0, 0.1) is 0 Å². The molecule has 1 aliphatic rings. The number of aliphatic imine (C=N–C) groups is 1. The van der Waals surface area contributed by atoms with E-state index in [0.717, 1.165) is 32.1 Å². The van der Waals surface area contributed by atoms with Crippen molar-refractivity contribution in [1.29, 1.82) is 0 Å². The average molecular weight is 292 g/mol. The molecule has 0 aromatic rings. The van der Waals surface area contributed by atoms with Gasteiger partial charge in [-0.05, 0) is 25.7 Å². The number of aliphatic carboxylic acids is 1. The minimum atomic E-state index is -0.987. The zero-order valence-electron chi connectivity index (χ0n) is 10.8. The summed E-state index contributed by atoms with van der Waals surface area (Å²) in [6.07, 6.45) is 8.65. The lowest BCUT2D eigenvalue weighted by molar-refractivity contribution is -0.138. The molecule has 0 radical (unpaired) electrons. The summed E-state index contributed by atoms with van der Waals surface area (Å²) in [6.45, 7) is 0. The van der Waals surface area contributed by atoms with Crippen LogP contribution >= 0.6 is 12.4 Å². The van der Waals surface area contributed by atoms with Gasteiger partial charge in [0, 0.05) is 6.42 Å². The molecule has 0 aromatic heterocycles. The molecule has 6 nitrogen and oxygen atoms in total. The van der Waals surface area contributed by atoms with Gasteiger partial charge in [-0.1, -0.05) is 18.6 Å². The van der Waals surface area contributed by atoms with Gasteiger partial charge in [0.1, 0.15) is 11.9 Å². The number of amidine groups is 1. The van der Waals surface area contributed by atoms with Gasteiger partial charge in [-0.2, -0.15) is 0 Å². The second-order valence-corrected chi connectivity index (χ2v) is 4.47. The Morgan fingerprint density at radius 1 is 1.53 bits per heavy atom. The summed E-state index contributed by atoms with van der Waals surface area (Å²) in [5.41, 5.74) is 7.51. The molecular formula is C12H22ClN3O3. The van der Waals surface area contributed by atoms with Crippen LogP contribution in [-0.2, 0) is 4.79 Å². The highest BCUT2D eigenvalue weighted by atomic mass is 35.5. The maximum absolute atomic E-state index is 10.5. The number of carboxylic acids is 1. The molecule has 0 amide bonds. The zero-order valence-corrected chi connectivity index (χ0v) is 11.6. The first-order valence-electron chi connectivity index (χ1n) is 6.23. The van der Waals surface area contributed by atoms with E-state index < -0.39 is 12.0 Å². The van der Waals surface area contributed by atoms with Crippen LogP contribution in [-0.4, -0.2) is 34.2 Å². The maximum atomic E-state index is 10.5. The quantitative estimate of drug-likeness (QED) is 0.453. The minimum absolute atomic E-state index is 0. The first-order chi connectivity index (χ1) is 8.63. The van der Waals surface area contributed by atoms with Crippen LogP contribution in [0.4, 0.5) is 0 Å². The van der Waals surface area contributed by atoms with Crippen molar-refractivity contribution in [1.82, 2.24) is 5.48 Å². The van der Waals surface area contributed by atoms with Gasteiger partial charge in [-0.15, -0.1) is 12.4 Å². The van der Waals surface area contributed by atoms with Crippen LogP contribution < -0.4 is 11.2 Å². The SMILES string of the molecule is Cl.N[C@@H](C/C=C\C[C@H]1CCCCC(NO)=N1)C(=O)O. The molecule has 1 rings (SSSR count). The van der Waals surface area contributed by atoms with E-state index in [1.54, 1.807) is 6.08 Å². The molecule has 19 heavy (non-hydrogen) atoms. The van der Waals surface area contributed by atoms with E-state index in [4.69, 9.17) is 16.0 Å². The van der Waals surface area contributed by atoms with Gasteiger partial charge in [0.25, 0.3) is 0 Å². The third-order valence-electron chi connectivity index (χ3n) is 2.95. The van der Waals surface area contributed by atoms with Gasteiger partial charge < -0.3 is 10.8 Å². The fourth-order valence-corrected chi connectivity index (χ4v) is 1.87. The predicted octanol–water partition coefficient (Wildman–Crippen LogP) is 1.48. The van der Waals surface area contributed by atoms with Crippen LogP contribution in [0.3, 0.4) is 0 Å². The summed E-state index contributed by atoms with van der Waals surface area (Å²) in [5, 5.41) is 17.5. The smallest absolute Gasteiger partial charge is 0.320 e. The highest BCUT2D eigenvalue weighted by Gasteiger charge is 2.12. The summed E-state index contributed by atoms with van der Waals surface area (Å²) >= 11 is 0. The fourth-order valence-electron chi connectivity index (χ4n) is 1.87. The highest BCUT2D eigenvalue weighted by molar-refractivity contribution is 5.85. The number of rotatable bonds is 5. The zero-order chi connectivity index (χ0) is 13.4. The Bertz CT molecular complexity index is 334. The van der Waals surface area contributed by atoms with Crippen LogP contribution in [0.25, 0.3) is 0 Å². The molecule has 0 aliphatic carbocycles. The molecular weight excluding hydrogens is 270 g/mol. The number of hydrogen-bond donors (Lipinski definition) is 4. The fraction of sp³-hybridized carbons (Fsp3) is 0.667. The Morgan fingerprint density at radius 2 is 2.26 bits per heavy atom. The van der Waals surface area contributed by atoms with Gasteiger partial charge in [0.2, 0.25) is 0 Å². The topological polar surface area (TPSA) is 108 Å². The summed E-state index contributed by atoms with van der Waals surface area (Å²) in [6, 6.07) is -0.687. The van der Waals surface area contributed by atoms with E-state index in [2.05, 4.69) is 10.5 Å². The number of nitrogens with two attached hydrogens (primary N) is 1. The monoisotopic (exact) mass is 291 g/mol. The molecule has 7 heteroatoms. The van der Waals surface area contributed by atoms with Crippen LogP contribution in [0.5, 0.6) is 0 Å². The largest absolute Gasteiger partial charge is 0.480 e. The molecule has 5 N–H and O–H groups in total. The van der Waals surface area contributed by atoms with Crippen molar-refractivity contribution >= 4 is 24.2 Å². The Hall–Kier alpha value is -1.11. The molecule has 110 valence electrons. The van der Waals surface area contributed by atoms with E-state index in [1.807, 2.05) is 6.08 Å². The molecule has 0 saturated carbocycles. The lowest BCUT2D eigenvalue weighted by Crippen LogP contribution is -2.29. The van der Waals surface area contributed by atoms with Crippen molar-refractivity contribution < 1.29 is 15.1 Å². The van der Waals surface area contributed by atoms with Crippen LogP contribution in [0.15, 0.2) is 17.1 Å². The molecule has 0 saturated heterocycles. The van der Waals surface area contributed by atoms with Crippen molar-refractivity contribution in [2.75, 3.05) is 0 Å². The van der Waals surface area contributed by atoms with Crippen molar-refractivity contribution in [3.05, 3.63) is 12.2 Å². The molecule has 1 heterocycles. The number of hydroxylamine groups is 1. The average Bonchev–Trinajstić information content (AvgIpc) is 2.59. The first-order valence-corrected chi connectivity index (χ1v) is 6.23. The normalized spacial score (nSPS) is 21.2. The van der Waals surface area contributed by atoms with E-state index in [0.29, 0.717) is 12.3 Å². The predicted molar refractivity (Wildman–Crippen MR) is 75.8 cm³/mol. The van der Waals surface area contributed by atoms with Crippen molar-refractivity contribution in [2.45, 2.75) is 50.6 Å². The van der Waals surface area contributed by atoms with Gasteiger partial charge in [0.05, 0.1) is 6.04 Å². The Labute approximate surface area is 119 Å². The van der Waals surface area contributed by atoms with E-state index in [1.165, 1.54) is 0 Å². The van der Waals surface area contributed by atoms with Gasteiger partial charge in [-0.3, -0.25) is 20.5 Å². The van der Waals surface area contributed by atoms with Crippen molar-refractivity contribution in [2.24, 2.45) is 10.7 Å². The molecule has 0 spiro atoms. The summed E-state index contributed by atoms with van der Waals surface area (Å²) < 4.78 is 0. The summed E-state index contributed by atoms with van der Waals surface area (Å²) in [5.74, 6) is -0.355. The van der Waals surface area contributed by atoms with E-state index in [9.17, 15) is 4.79 Å². The number of hydrogen-bond acceptors (Lipinski definition) is 5. The summed E-state index contributed by atoms with van der Waals surface area (Å²) in [7, 11) is 0. The third-order valence-corrected chi connectivity index (χ3v) is 2.95. The third kappa shape index (κ3) is 7.15. The van der Waals surface area contributed by atoms with Crippen molar-refractivity contribution in [3.8, 4) is 0 Å². The standard InChI is InChI=1S/C12H21N3O3.ClH/c13-10(12(16)17)7-3-1-5-9-6-2-4-8-11(14-9)15-18;/h1,3,9-10,18H,2,4-8,13H2,(H,14,15)(H,16,17);1H/b3-1-;/t9-,10-;/m0./s1. The number of nitrogens with one attached hydrogen (secondary N) is 1. The van der Waals surface area contributed by atoms with E-state index >= 15 is 0 Å². The minimum Gasteiger partial charge on any atom is -0.480 e. The molecule has 0 bridgehead atoms. The van der Waals surface area contributed by atoms with Gasteiger partial charge in [-0.25, -0.2) is 0 Å². The number of carboxylic acid groups (broad SMARTS) is 1. The molecule has 0 fully saturated rings. The molecule has 0 unspecified atom stereocenters. The second-order valence-electron chi connectivity index (χ2n) is 4.47. The Kier molecular flexibility index (Phi) is 9.20. The molecule has 0 aromatic carbocycles. The lowest BCUT2D eigenvalue weighted by Gasteiger charge is -2.08. The number of carbonyl (C=O) groups is 1. The lowest BCUT2D eigenvalue weighted by atomic mass is 10.1. The Balaban J connectivity index is 0.00000324. The number of nitrogens with zero attached hydrogens (tertiary/aromatic N) is 1. The van der Waals surface area contributed by atoms with E-state index in [-0.39, 0.29) is 18.4 Å². The first kappa shape index (κ1) is 17.9. The van der Waals surface area contributed by atoms with Crippen LogP contribution in [0.1, 0.15) is 38.5 Å².